The SMILES string of the molecule is CC(C)(C)OC(=O)NC(C(=O)NN)c1cccnc1. The van der Waals surface area contributed by atoms with Crippen LogP contribution < -0.4 is 16.6 Å². The maximum atomic E-state index is 11.7. The van der Waals surface area contributed by atoms with Crippen LogP contribution in [0.15, 0.2) is 24.5 Å². The number of carbonyl (C=O) groups is 2. The van der Waals surface area contributed by atoms with Gasteiger partial charge >= 0.3 is 6.09 Å². The van der Waals surface area contributed by atoms with Gasteiger partial charge in [0.15, 0.2) is 0 Å². The Morgan fingerprint density at radius 1 is 1.42 bits per heavy atom. The van der Waals surface area contributed by atoms with E-state index in [1.165, 1.54) is 6.20 Å². The van der Waals surface area contributed by atoms with Gasteiger partial charge in [-0.15, -0.1) is 0 Å². The van der Waals surface area contributed by atoms with Crippen molar-refractivity contribution in [2.75, 3.05) is 0 Å². The molecule has 7 nitrogen and oxygen atoms in total. The number of hydrogen-bond donors (Lipinski definition) is 3. The summed E-state index contributed by atoms with van der Waals surface area (Å²) in [5.41, 5.74) is 1.86. The number of nitrogens with one attached hydrogen (secondary N) is 2. The van der Waals surface area contributed by atoms with Crippen molar-refractivity contribution < 1.29 is 14.3 Å². The van der Waals surface area contributed by atoms with Crippen LogP contribution in [0, 0.1) is 0 Å². The lowest BCUT2D eigenvalue weighted by molar-refractivity contribution is -0.123. The summed E-state index contributed by atoms with van der Waals surface area (Å²) in [6.45, 7) is 5.19. The number of amides is 2. The molecule has 0 radical (unpaired) electrons. The molecule has 0 saturated carbocycles. The van der Waals surface area contributed by atoms with Crippen LogP contribution in [0.3, 0.4) is 0 Å². The van der Waals surface area contributed by atoms with Gasteiger partial charge in [0.2, 0.25) is 0 Å². The molecule has 0 spiro atoms. The predicted octanol–water partition coefficient (Wildman–Crippen LogP) is 0.637. The van der Waals surface area contributed by atoms with E-state index in [0.717, 1.165) is 0 Å². The summed E-state index contributed by atoms with van der Waals surface area (Å²) in [4.78, 5) is 27.3. The molecule has 0 aliphatic carbocycles. The van der Waals surface area contributed by atoms with Gasteiger partial charge < -0.3 is 10.1 Å². The number of aromatic nitrogens is 1. The number of alkyl carbamates (subject to hydrolysis) is 1. The highest BCUT2D eigenvalue weighted by molar-refractivity contribution is 5.86. The third kappa shape index (κ3) is 4.92. The van der Waals surface area contributed by atoms with Gasteiger partial charge in [0.25, 0.3) is 5.91 Å². The molecule has 4 N–H and O–H groups in total. The second-order valence-corrected chi connectivity index (χ2v) is 4.87. The molecule has 0 saturated heterocycles. The van der Waals surface area contributed by atoms with Crippen molar-refractivity contribution in [2.45, 2.75) is 32.4 Å². The van der Waals surface area contributed by atoms with Gasteiger partial charge in [-0.05, 0) is 26.8 Å². The van der Waals surface area contributed by atoms with Crippen LogP contribution in [0.2, 0.25) is 0 Å². The van der Waals surface area contributed by atoms with Crippen molar-refractivity contribution in [2.24, 2.45) is 5.84 Å². The molecule has 19 heavy (non-hydrogen) atoms. The third-order valence-corrected chi connectivity index (χ3v) is 2.08. The average molecular weight is 266 g/mol. The smallest absolute Gasteiger partial charge is 0.408 e. The molecule has 1 rings (SSSR count). The molecule has 0 aliphatic rings. The monoisotopic (exact) mass is 266 g/mol. The Balaban J connectivity index is 2.83. The highest BCUT2D eigenvalue weighted by atomic mass is 16.6. The van der Waals surface area contributed by atoms with Crippen molar-refractivity contribution in [3.8, 4) is 0 Å². The van der Waals surface area contributed by atoms with Gasteiger partial charge in [0.1, 0.15) is 11.6 Å². The number of nitrogens with zero attached hydrogens (tertiary/aromatic N) is 1. The fraction of sp³-hybridized carbons (Fsp3) is 0.417. The van der Waals surface area contributed by atoms with E-state index in [1.807, 2.05) is 5.43 Å². The Hall–Kier alpha value is -2.15. The minimum atomic E-state index is -0.950. The summed E-state index contributed by atoms with van der Waals surface area (Å²) in [6, 6.07) is 2.36. The van der Waals surface area contributed by atoms with Crippen LogP contribution in [-0.2, 0) is 9.53 Å². The molecule has 1 unspecified atom stereocenters. The normalized spacial score (nSPS) is 12.4. The second kappa shape index (κ2) is 6.14. The minimum Gasteiger partial charge on any atom is -0.444 e. The zero-order valence-electron chi connectivity index (χ0n) is 11.1. The Kier molecular flexibility index (Phi) is 4.82. The van der Waals surface area contributed by atoms with E-state index in [-0.39, 0.29) is 0 Å². The van der Waals surface area contributed by atoms with Crippen LogP contribution in [0.4, 0.5) is 4.79 Å². The molecule has 0 bridgehead atoms. The van der Waals surface area contributed by atoms with Crippen LogP contribution in [0.1, 0.15) is 32.4 Å². The van der Waals surface area contributed by atoms with E-state index < -0.39 is 23.6 Å². The number of hydrazine groups is 1. The largest absolute Gasteiger partial charge is 0.444 e. The Labute approximate surface area is 111 Å². The fourth-order valence-electron chi connectivity index (χ4n) is 1.36. The summed E-state index contributed by atoms with van der Waals surface area (Å²) in [5.74, 6) is 4.54. The molecule has 104 valence electrons. The molecule has 1 aromatic rings. The first kappa shape index (κ1) is 14.9. The Morgan fingerprint density at radius 3 is 2.58 bits per heavy atom. The standard InChI is InChI=1S/C12H18N4O3/c1-12(2,3)19-11(18)15-9(10(17)16-13)8-5-4-6-14-7-8/h4-7,9H,13H2,1-3H3,(H,15,18)(H,16,17). The van der Waals surface area contributed by atoms with Gasteiger partial charge in [-0.2, -0.15) is 0 Å². The predicted molar refractivity (Wildman–Crippen MR) is 68.7 cm³/mol. The van der Waals surface area contributed by atoms with Crippen LogP contribution >= 0.6 is 0 Å². The van der Waals surface area contributed by atoms with Crippen LogP contribution in [0.5, 0.6) is 0 Å². The van der Waals surface area contributed by atoms with Crippen molar-refractivity contribution in [3.05, 3.63) is 30.1 Å². The number of hydrogen-bond acceptors (Lipinski definition) is 5. The number of rotatable bonds is 3. The summed E-state index contributed by atoms with van der Waals surface area (Å²) in [5, 5.41) is 2.45. The molecule has 1 aromatic heterocycles. The maximum Gasteiger partial charge on any atom is 0.408 e. The number of ether oxygens (including phenoxy) is 1. The zero-order chi connectivity index (χ0) is 14.5. The zero-order valence-corrected chi connectivity index (χ0v) is 11.1. The lowest BCUT2D eigenvalue weighted by Crippen LogP contribution is -2.44. The van der Waals surface area contributed by atoms with Crippen LogP contribution in [0.25, 0.3) is 0 Å². The van der Waals surface area contributed by atoms with E-state index in [4.69, 9.17) is 10.6 Å². The number of nitrogens with two attached hydrogens (primary N) is 1. The molecule has 0 aromatic carbocycles. The Morgan fingerprint density at radius 2 is 2.11 bits per heavy atom. The second-order valence-electron chi connectivity index (χ2n) is 4.87. The topological polar surface area (TPSA) is 106 Å². The van der Waals surface area contributed by atoms with E-state index >= 15 is 0 Å². The summed E-state index contributed by atoms with van der Waals surface area (Å²) >= 11 is 0. The summed E-state index contributed by atoms with van der Waals surface area (Å²) in [7, 11) is 0. The number of carbonyl (C=O) groups excluding carboxylic acids is 2. The Bertz CT molecular complexity index is 442. The number of pyridine rings is 1. The molecule has 1 atom stereocenters. The van der Waals surface area contributed by atoms with Gasteiger partial charge in [0.05, 0.1) is 0 Å². The van der Waals surface area contributed by atoms with E-state index in [0.29, 0.717) is 5.56 Å². The van der Waals surface area contributed by atoms with Gasteiger partial charge in [-0.3, -0.25) is 15.2 Å². The highest BCUT2D eigenvalue weighted by Gasteiger charge is 2.25. The third-order valence-electron chi connectivity index (χ3n) is 2.08. The van der Waals surface area contributed by atoms with Gasteiger partial charge in [0, 0.05) is 18.0 Å². The summed E-state index contributed by atoms with van der Waals surface area (Å²) < 4.78 is 5.09. The molecule has 2 amide bonds. The van der Waals surface area contributed by atoms with Gasteiger partial charge in [-0.1, -0.05) is 6.07 Å². The van der Waals surface area contributed by atoms with E-state index in [2.05, 4.69) is 10.3 Å². The van der Waals surface area contributed by atoms with Crippen molar-refractivity contribution in [1.29, 1.82) is 0 Å². The van der Waals surface area contributed by atoms with Crippen molar-refractivity contribution in [1.82, 2.24) is 15.7 Å². The first-order valence-corrected chi connectivity index (χ1v) is 5.73. The van der Waals surface area contributed by atoms with Crippen molar-refractivity contribution >= 4 is 12.0 Å². The summed E-state index contributed by atoms with van der Waals surface area (Å²) in [6.07, 6.45) is 2.33. The molecular weight excluding hydrogens is 248 g/mol. The fourth-order valence-corrected chi connectivity index (χ4v) is 1.36. The first-order valence-electron chi connectivity index (χ1n) is 5.73. The molecular formula is C12H18N4O3. The first-order chi connectivity index (χ1) is 8.83. The molecule has 0 aliphatic heterocycles. The van der Waals surface area contributed by atoms with Crippen LogP contribution in [-0.4, -0.2) is 22.6 Å². The molecule has 0 fully saturated rings. The molecule has 7 heteroatoms. The lowest BCUT2D eigenvalue weighted by Gasteiger charge is -2.22. The van der Waals surface area contributed by atoms with Crippen molar-refractivity contribution in [3.63, 3.8) is 0 Å². The highest BCUT2D eigenvalue weighted by Crippen LogP contribution is 2.13. The van der Waals surface area contributed by atoms with Gasteiger partial charge in [-0.25, -0.2) is 10.6 Å². The van der Waals surface area contributed by atoms with E-state index in [1.54, 1.807) is 39.1 Å². The quantitative estimate of drug-likeness (QED) is 0.423. The average Bonchev–Trinajstić information content (AvgIpc) is 2.34. The minimum absolute atomic E-state index is 0.510. The maximum absolute atomic E-state index is 11.7. The molecule has 1 heterocycles. The van der Waals surface area contributed by atoms with E-state index in [9.17, 15) is 9.59 Å². The lowest BCUT2D eigenvalue weighted by atomic mass is 10.1.